The van der Waals surface area contributed by atoms with E-state index in [2.05, 4.69) is 68.9 Å². The summed E-state index contributed by atoms with van der Waals surface area (Å²) in [6.45, 7) is 4.52. The quantitative estimate of drug-likeness (QED) is 0.113. The predicted octanol–water partition coefficient (Wildman–Crippen LogP) is 9.70. The average molecular weight is 372 g/mol. The molecule has 0 spiro atoms. The first kappa shape index (κ1) is 26.0. The second-order valence-electron chi connectivity index (χ2n) is 7.54. The molecule has 0 nitrogen and oxygen atoms in total. The molecule has 0 aliphatic heterocycles. The Hall–Kier alpha value is -1.04. The third-order valence-electron chi connectivity index (χ3n) is 4.77. The fourth-order valence-electron chi connectivity index (χ4n) is 2.98. The molecule has 0 rings (SSSR count). The van der Waals surface area contributed by atoms with E-state index < -0.39 is 0 Å². The van der Waals surface area contributed by atoms with Gasteiger partial charge in [-0.25, -0.2) is 0 Å². The summed E-state index contributed by atoms with van der Waals surface area (Å²) in [5, 5.41) is 0. The number of unbranched alkanes of at least 4 members (excludes halogenated alkanes) is 13. The fraction of sp³-hybridized carbons (Fsp3) is 0.667. The molecule has 0 aliphatic carbocycles. The zero-order valence-electron chi connectivity index (χ0n) is 18.5. The Labute approximate surface area is 171 Å². The maximum absolute atomic E-state index is 2.42. The number of hydrogen-bond donors (Lipinski definition) is 0. The summed E-state index contributed by atoms with van der Waals surface area (Å²) in [7, 11) is 0. The Balaban J connectivity index is 3.23. The van der Waals surface area contributed by atoms with Gasteiger partial charge in [0.25, 0.3) is 0 Å². The lowest BCUT2D eigenvalue weighted by molar-refractivity contribution is 0.639. The standard InChI is InChI=1S/C27H47/c1-3-5-7-9-11-13-15-17-19-21-23-25-27-26-24-22-20-18-16-14-12-10-8-6-4-2/h11-15,17-18,20-21H,3-10,16,19,22-27H2,1-2H3. The zero-order chi connectivity index (χ0) is 19.7. The molecule has 0 aromatic heterocycles. The summed E-state index contributed by atoms with van der Waals surface area (Å²) < 4.78 is 0. The van der Waals surface area contributed by atoms with Gasteiger partial charge in [-0.1, -0.05) is 107 Å². The minimum Gasteiger partial charge on any atom is -0.0882 e. The van der Waals surface area contributed by atoms with Gasteiger partial charge in [0, 0.05) is 0 Å². The summed E-state index contributed by atoms with van der Waals surface area (Å²) in [5.41, 5.74) is 0. The number of rotatable bonds is 20. The fourth-order valence-corrected chi connectivity index (χ4v) is 2.98. The second-order valence-corrected chi connectivity index (χ2v) is 7.54. The van der Waals surface area contributed by atoms with Gasteiger partial charge in [-0.05, 0) is 64.2 Å². The number of allylic oxidation sites excluding steroid dienone is 8. The molecule has 0 bridgehead atoms. The van der Waals surface area contributed by atoms with Crippen LogP contribution in [0.15, 0.2) is 48.6 Å². The second kappa shape index (κ2) is 25.0. The van der Waals surface area contributed by atoms with Crippen LogP contribution in [0.3, 0.4) is 0 Å². The van der Waals surface area contributed by atoms with Gasteiger partial charge in [0.1, 0.15) is 0 Å². The summed E-state index contributed by atoms with van der Waals surface area (Å²) in [6.07, 6.45) is 41.5. The van der Waals surface area contributed by atoms with E-state index in [0.717, 1.165) is 12.8 Å². The van der Waals surface area contributed by atoms with Gasteiger partial charge in [-0.2, -0.15) is 0 Å². The highest BCUT2D eigenvalue weighted by Gasteiger charge is 1.90. The summed E-state index contributed by atoms with van der Waals surface area (Å²) in [5.74, 6) is 0. The van der Waals surface area contributed by atoms with E-state index in [4.69, 9.17) is 0 Å². The average Bonchev–Trinajstić information content (AvgIpc) is 2.68. The molecular formula is C27H47. The topological polar surface area (TPSA) is 0 Å². The van der Waals surface area contributed by atoms with Crippen LogP contribution in [0, 0.1) is 6.42 Å². The van der Waals surface area contributed by atoms with Crippen LogP contribution < -0.4 is 0 Å². The molecule has 0 amide bonds. The van der Waals surface area contributed by atoms with E-state index in [1.807, 2.05) is 0 Å². The van der Waals surface area contributed by atoms with Crippen molar-refractivity contribution in [3.8, 4) is 0 Å². The van der Waals surface area contributed by atoms with Gasteiger partial charge in [0.05, 0.1) is 0 Å². The highest BCUT2D eigenvalue weighted by atomic mass is 14.0. The minimum absolute atomic E-state index is 1.11. The zero-order valence-corrected chi connectivity index (χ0v) is 18.5. The molecule has 0 aliphatic rings. The molecule has 0 heterocycles. The molecule has 0 heteroatoms. The Morgan fingerprint density at radius 1 is 0.407 bits per heavy atom. The van der Waals surface area contributed by atoms with Crippen LogP contribution in [0.5, 0.6) is 0 Å². The van der Waals surface area contributed by atoms with Crippen LogP contribution in [-0.4, -0.2) is 0 Å². The van der Waals surface area contributed by atoms with Crippen LogP contribution >= 0.6 is 0 Å². The van der Waals surface area contributed by atoms with Crippen LogP contribution in [0.1, 0.15) is 117 Å². The van der Waals surface area contributed by atoms with E-state index in [-0.39, 0.29) is 0 Å². The van der Waals surface area contributed by atoms with Crippen LogP contribution in [0.25, 0.3) is 0 Å². The maximum atomic E-state index is 2.42. The normalized spacial score (nSPS) is 12.5. The molecule has 1 radical (unpaired) electrons. The van der Waals surface area contributed by atoms with Crippen molar-refractivity contribution in [2.75, 3.05) is 0 Å². The minimum atomic E-state index is 1.11. The smallest absolute Gasteiger partial charge is 0.0169 e. The Morgan fingerprint density at radius 2 is 0.926 bits per heavy atom. The first-order chi connectivity index (χ1) is 13.4. The van der Waals surface area contributed by atoms with Crippen molar-refractivity contribution in [3.05, 3.63) is 55.0 Å². The van der Waals surface area contributed by atoms with E-state index in [1.54, 1.807) is 0 Å². The highest BCUT2D eigenvalue weighted by Crippen LogP contribution is 2.09. The van der Waals surface area contributed by atoms with Crippen molar-refractivity contribution >= 4 is 0 Å². The van der Waals surface area contributed by atoms with Crippen LogP contribution in [0.4, 0.5) is 0 Å². The van der Waals surface area contributed by atoms with Gasteiger partial charge in [0.2, 0.25) is 0 Å². The van der Waals surface area contributed by atoms with E-state index >= 15 is 0 Å². The molecule has 0 unspecified atom stereocenters. The third kappa shape index (κ3) is 25.0. The summed E-state index contributed by atoms with van der Waals surface area (Å²) in [4.78, 5) is 0. The molecule has 0 saturated heterocycles. The van der Waals surface area contributed by atoms with Crippen LogP contribution in [-0.2, 0) is 0 Å². The molecule has 0 N–H and O–H groups in total. The summed E-state index contributed by atoms with van der Waals surface area (Å²) >= 11 is 0. The molecule has 27 heavy (non-hydrogen) atoms. The van der Waals surface area contributed by atoms with E-state index in [1.165, 1.54) is 89.9 Å². The van der Waals surface area contributed by atoms with E-state index in [0.29, 0.717) is 0 Å². The van der Waals surface area contributed by atoms with Crippen molar-refractivity contribution in [1.82, 2.24) is 0 Å². The third-order valence-corrected chi connectivity index (χ3v) is 4.77. The largest absolute Gasteiger partial charge is 0.0882 e. The highest BCUT2D eigenvalue weighted by molar-refractivity contribution is 5.03. The van der Waals surface area contributed by atoms with Crippen molar-refractivity contribution < 1.29 is 0 Å². The SMILES string of the molecule is CCCCCC=CC=CC[CH]CCCCCCC=CCC=CCCCCC. The number of hydrogen-bond acceptors (Lipinski definition) is 0. The maximum Gasteiger partial charge on any atom is -0.0169 e. The van der Waals surface area contributed by atoms with Crippen LogP contribution in [0.2, 0.25) is 0 Å². The summed E-state index contributed by atoms with van der Waals surface area (Å²) in [6, 6.07) is 0. The molecule has 0 aromatic carbocycles. The lowest BCUT2D eigenvalue weighted by Crippen LogP contribution is -1.80. The van der Waals surface area contributed by atoms with Gasteiger partial charge >= 0.3 is 0 Å². The van der Waals surface area contributed by atoms with Gasteiger partial charge in [-0.3, -0.25) is 0 Å². The van der Waals surface area contributed by atoms with Gasteiger partial charge in [-0.15, -0.1) is 0 Å². The first-order valence-corrected chi connectivity index (χ1v) is 11.8. The Kier molecular flexibility index (Phi) is 24.0. The van der Waals surface area contributed by atoms with Gasteiger partial charge in [0.15, 0.2) is 0 Å². The van der Waals surface area contributed by atoms with Crippen molar-refractivity contribution in [1.29, 1.82) is 0 Å². The molecule has 0 fully saturated rings. The van der Waals surface area contributed by atoms with Crippen molar-refractivity contribution in [2.45, 2.75) is 117 Å². The lowest BCUT2D eigenvalue weighted by atomic mass is 10.1. The molecule has 0 saturated carbocycles. The Bertz CT molecular complexity index is 369. The first-order valence-electron chi connectivity index (χ1n) is 11.8. The molecule has 0 atom stereocenters. The van der Waals surface area contributed by atoms with E-state index in [9.17, 15) is 0 Å². The lowest BCUT2D eigenvalue weighted by Gasteiger charge is -1.99. The van der Waals surface area contributed by atoms with Crippen molar-refractivity contribution in [3.63, 3.8) is 0 Å². The molecular weight excluding hydrogens is 324 g/mol. The van der Waals surface area contributed by atoms with Gasteiger partial charge < -0.3 is 0 Å². The monoisotopic (exact) mass is 371 g/mol. The van der Waals surface area contributed by atoms with Crippen molar-refractivity contribution in [2.24, 2.45) is 0 Å². The Morgan fingerprint density at radius 3 is 1.56 bits per heavy atom. The molecule has 155 valence electrons. The predicted molar refractivity (Wildman–Crippen MR) is 126 cm³/mol. The molecule has 0 aromatic rings.